The van der Waals surface area contributed by atoms with Crippen molar-refractivity contribution in [3.05, 3.63) is 35.9 Å². The summed E-state index contributed by atoms with van der Waals surface area (Å²) in [6.45, 7) is -0.693. The lowest BCUT2D eigenvalue weighted by Crippen LogP contribution is -2.37. The molecule has 2 aromatic carbocycles. The van der Waals surface area contributed by atoms with Gasteiger partial charge in [0.25, 0.3) is 0 Å². The molecule has 0 saturated carbocycles. The predicted octanol–water partition coefficient (Wildman–Crippen LogP) is 2.08. The molecule has 14 heteroatoms. The molecule has 1 aliphatic heterocycles. The molecule has 0 amide bonds. The van der Waals surface area contributed by atoms with Gasteiger partial charge in [0, 0.05) is 50.4 Å². The third kappa shape index (κ3) is 5.15. The molecular formula is C21H26F2N2O8S2. The van der Waals surface area contributed by atoms with E-state index < -0.39 is 41.5 Å². The van der Waals surface area contributed by atoms with Gasteiger partial charge in [0.2, 0.25) is 20.0 Å². The topological polar surface area (TPSA) is 112 Å². The average molecular weight is 537 g/mol. The van der Waals surface area contributed by atoms with Crippen molar-refractivity contribution in [2.24, 2.45) is 0 Å². The molecule has 0 aromatic heterocycles. The van der Waals surface area contributed by atoms with E-state index in [2.05, 4.69) is 0 Å². The number of nitrogens with zero attached hydrogens (tertiary/aromatic N) is 2. The van der Waals surface area contributed by atoms with E-state index >= 15 is 0 Å². The Hall–Kier alpha value is -2.68. The zero-order valence-electron chi connectivity index (χ0n) is 19.6. The number of rotatable bonds is 8. The number of hydrogen-bond donors (Lipinski definition) is 0. The molecule has 0 atom stereocenters. The molecule has 194 valence electrons. The van der Waals surface area contributed by atoms with E-state index in [0.29, 0.717) is 0 Å². The van der Waals surface area contributed by atoms with Gasteiger partial charge in [0.15, 0.2) is 23.0 Å². The molecule has 0 spiro atoms. The maximum Gasteiger partial charge on any atom is 0.246 e. The number of sulfonamides is 2. The first-order valence-corrected chi connectivity index (χ1v) is 13.2. The normalized spacial score (nSPS) is 15.9. The summed E-state index contributed by atoms with van der Waals surface area (Å²) in [6, 6.07) is 3.84. The van der Waals surface area contributed by atoms with Crippen LogP contribution in [0.2, 0.25) is 0 Å². The van der Waals surface area contributed by atoms with Crippen LogP contribution < -0.4 is 18.9 Å². The van der Waals surface area contributed by atoms with E-state index in [9.17, 15) is 25.6 Å². The molecule has 35 heavy (non-hydrogen) atoms. The van der Waals surface area contributed by atoms with E-state index in [0.717, 1.165) is 32.9 Å². The van der Waals surface area contributed by atoms with Gasteiger partial charge in [-0.15, -0.1) is 0 Å². The van der Waals surface area contributed by atoms with E-state index in [-0.39, 0.29) is 55.6 Å². The summed E-state index contributed by atoms with van der Waals surface area (Å²) in [5.74, 6) is -1.98. The second-order valence-electron chi connectivity index (χ2n) is 7.44. The Morgan fingerprint density at radius 1 is 0.600 bits per heavy atom. The molecule has 0 radical (unpaired) electrons. The second kappa shape index (κ2) is 10.5. The summed E-state index contributed by atoms with van der Waals surface area (Å²) in [5, 5.41) is 0. The van der Waals surface area contributed by atoms with Gasteiger partial charge >= 0.3 is 0 Å². The van der Waals surface area contributed by atoms with Crippen LogP contribution in [-0.4, -0.2) is 80.1 Å². The van der Waals surface area contributed by atoms with Gasteiger partial charge in [-0.1, -0.05) is 0 Å². The fourth-order valence-electron chi connectivity index (χ4n) is 3.70. The molecular weight excluding hydrogens is 510 g/mol. The van der Waals surface area contributed by atoms with Crippen molar-refractivity contribution in [2.75, 3.05) is 54.6 Å². The Morgan fingerprint density at radius 2 is 0.914 bits per heavy atom. The molecule has 3 rings (SSSR count). The maximum absolute atomic E-state index is 14.7. The van der Waals surface area contributed by atoms with Gasteiger partial charge in [0.1, 0.15) is 21.4 Å². The molecule has 0 bridgehead atoms. The van der Waals surface area contributed by atoms with Crippen LogP contribution in [0, 0.1) is 11.6 Å². The second-order valence-corrected chi connectivity index (χ2v) is 11.2. The van der Waals surface area contributed by atoms with Crippen LogP contribution in [0.4, 0.5) is 8.78 Å². The number of ether oxygens (including phenoxy) is 4. The third-order valence-corrected chi connectivity index (χ3v) is 9.35. The minimum Gasteiger partial charge on any atom is -0.493 e. The summed E-state index contributed by atoms with van der Waals surface area (Å²) >= 11 is 0. The molecule has 10 nitrogen and oxygen atoms in total. The van der Waals surface area contributed by atoms with Crippen molar-refractivity contribution in [1.29, 1.82) is 0 Å². The van der Waals surface area contributed by atoms with Gasteiger partial charge in [-0.2, -0.15) is 8.61 Å². The number of methoxy groups -OCH3 is 4. The lowest BCUT2D eigenvalue weighted by Gasteiger charge is -2.23. The van der Waals surface area contributed by atoms with Crippen LogP contribution >= 0.6 is 0 Å². The Morgan fingerprint density at radius 3 is 1.23 bits per heavy atom. The average Bonchev–Trinajstić information content (AvgIpc) is 3.10. The van der Waals surface area contributed by atoms with Crippen LogP contribution in [0.15, 0.2) is 34.1 Å². The molecule has 2 aromatic rings. The summed E-state index contributed by atoms with van der Waals surface area (Å²) in [5.41, 5.74) is 0. The zero-order chi connectivity index (χ0) is 26.0. The van der Waals surface area contributed by atoms with Crippen molar-refractivity contribution in [1.82, 2.24) is 8.61 Å². The van der Waals surface area contributed by atoms with Gasteiger partial charge in [-0.3, -0.25) is 0 Å². The van der Waals surface area contributed by atoms with Crippen LogP contribution in [0.3, 0.4) is 0 Å². The molecule has 1 aliphatic rings. The smallest absolute Gasteiger partial charge is 0.246 e. The Labute approximate surface area is 203 Å². The number of benzene rings is 2. The first-order chi connectivity index (χ1) is 16.5. The van der Waals surface area contributed by atoms with Crippen molar-refractivity contribution in [3.63, 3.8) is 0 Å². The largest absolute Gasteiger partial charge is 0.493 e. The van der Waals surface area contributed by atoms with Gasteiger partial charge in [0.05, 0.1) is 28.4 Å². The maximum atomic E-state index is 14.7. The standard InChI is InChI=1S/C21H26F2N2O8S2/c1-30-16-10-14(22)20(12-18(16)32-3)34(26,27)24-6-5-7-25(9-8-24)35(28,29)21-13-19(33-4)17(31-2)11-15(21)23/h10-13H,5-9H2,1-4H3. The minimum atomic E-state index is -4.34. The van der Waals surface area contributed by atoms with E-state index in [1.54, 1.807) is 0 Å². The fourth-order valence-corrected chi connectivity index (χ4v) is 6.76. The first-order valence-electron chi connectivity index (χ1n) is 10.3. The molecule has 0 unspecified atom stereocenters. The lowest BCUT2D eigenvalue weighted by molar-refractivity contribution is 0.348. The number of hydrogen-bond acceptors (Lipinski definition) is 8. The SMILES string of the molecule is COc1cc(F)c(S(=O)(=O)N2CCCN(S(=O)(=O)c3cc(OC)c(OC)cc3F)CC2)cc1OC. The van der Waals surface area contributed by atoms with Crippen LogP contribution in [0.1, 0.15) is 6.42 Å². The highest BCUT2D eigenvalue weighted by atomic mass is 32.2. The highest BCUT2D eigenvalue weighted by Crippen LogP contribution is 2.35. The Balaban J connectivity index is 1.90. The lowest BCUT2D eigenvalue weighted by atomic mass is 10.3. The molecule has 1 fully saturated rings. The summed E-state index contributed by atoms with van der Waals surface area (Å²) in [6.07, 6.45) is 0.0995. The van der Waals surface area contributed by atoms with E-state index in [1.165, 1.54) is 28.4 Å². The number of halogens is 2. The minimum absolute atomic E-state index is 0.0223. The van der Waals surface area contributed by atoms with Crippen molar-refractivity contribution >= 4 is 20.0 Å². The van der Waals surface area contributed by atoms with Crippen molar-refractivity contribution < 1.29 is 44.6 Å². The molecule has 1 saturated heterocycles. The zero-order valence-corrected chi connectivity index (χ0v) is 21.2. The van der Waals surface area contributed by atoms with Crippen LogP contribution in [-0.2, 0) is 20.0 Å². The quantitative estimate of drug-likeness (QED) is 0.504. The summed E-state index contributed by atoms with van der Waals surface area (Å²) in [4.78, 5) is -1.25. The van der Waals surface area contributed by atoms with Gasteiger partial charge < -0.3 is 18.9 Å². The van der Waals surface area contributed by atoms with Crippen LogP contribution in [0.25, 0.3) is 0 Å². The summed E-state index contributed by atoms with van der Waals surface area (Å²) in [7, 11) is -3.54. The third-order valence-electron chi connectivity index (χ3n) is 5.53. The van der Waals surface area contributed by atoms with Crippen LogP contribution in [0.5, 0.6) is 23.0 Å². The molecule has 0 N–H and O–H groups in total. The van der Waals surface area contributed by atoms with E-state index in [1.807, 2.05) is 0 Å². The monoisotopic (exact) mass is 536 g/mol. The van der Waals surface area contributed by atoms with Crippen molar-refractivity contribution in [2.45, 2.75) is 16.2 Å². The van der Waals surface area contributed by atoms with E-state index in [4.69, 9.17) is 18.9 Å². The summed E-state index contributed by atoms with van der Waals surface area (Å²) < 4.78 is 104. The van der Waals surface area contributed by atoms with Gasteiger partial charge in [-0.05, 0) is 6.42 Å². The first kappa shape index (κ1) is 26.9. The molecule has 0 aliphatic carbocycles. The molecule has 1 heterocycles. The predicted molar refractivity (Wildman–Crippen MR) is 121 cm³/mol. The Kier molecular flexibility index (Phi) is 8.09. The van der Waals surface area contributed by atoms with Crippen molar-refractivity contribution in [3.8, 4) is 23.0 Å². The van der Waals surface area contributed by atoms with Gasteiger partial charge in [-0.25, -0.2) is 25.6 Å². The highest BCUT2D eigenvalue weighted by molar-refractivity contribution is 7.89. The Bertz CT molecular complexity index is 1200. The highest BCUT2D eigenvalue weighted by Gasteiger charge is 2.35. The fraction of sp³-hybridized carbons (Fsp3) is 0.429.